The maximum Gasteiger partial charge on any atom is 0.149 e. The highest BCUT2D eigenvalue weighted by Gasteiger charge is 2.37. The summed E-state index contributed by atoms with van der Waals surface area (Å²) in [5, 5.41) is 2.02. The molecule has 0 saturated carbocycles. The van der Waals surface area contributed by atoms with E-state index >= 15 is 0 Å². The molecule has 5 heteroatoms. The van der Waals surface area contributed by atoms with Gasteiger partial charge in [0.1, 0.15) is 11.3 Å². The molecule has 3 rings (SSSR count). The minimum atomic E-state index is -0.382. The lowest BCUT2D eigenvalue weighted by atomic mass is 9.98. The standard InChI is InChI=1S/C13H11Cl2FN2/c14-8-5-6-12(10(16)7-8)18-13(15)9-3-1-2-4-11(9)17-18/h1-2,4-7,9,13,17H,3H2. The summed E-state index contributed by atoms with van der Waals surface area (Å²) in [6.45, 7) is 0. The van der Waals surface area contributed by atoms with Crippen LogP contribution in [-0.2, 0) is 0 Å². The summed E-state index contributed by atoms with van der Waals surface area (Å²) in [7, 11) is 0. The second-order valence-corrected chi connectivity index (χ2v) is 5.23. The Morgan fingerprint density at radius 3 is 2.94 bits per heavy atom. The first kappa shape index (κ1) is 11.9. The SMILES string of the molecule is Fc1cc(Cl)ccc1N1NC2=CC=CCC2C1Cl. The fraction of sp³-hybridized carbons (Fsp3) is 0.231. The molecule has 2 aliphatic rings. The quantitative estimate of drug-likeness (QED) is 0.623. The van der Waals surface area contributed by atoms with Crippen LogP contribution in [-0.4, -0.2) is 5.50 Å². The van der Waals surface area contributed by atoms with Crippen LogP contribution >= 0.6 is 23.2 Å². The molecule has 1 aliphatic heterocycles. The summed E-state index contributed by atoms with van der Waals surface area (Å²) in [4.78, 5) is 0. The molecule has 1 aromatic carbocycles. The Bertz CT molecular complexity index is 542. The molecule has 0 spiro atoms. The van der Waals surface area contributed by atoms with Gasteiger partial charge in [0.2, 0.25) is 0 Å². The van der Waals surface area contributed by atoms with E-state index in [-0.39, 0.29) is 17.2 Å². The van der Waals surface area contributed by atoms with E-state index in [4.69, 9.17) is 23.2 Å². The van der Waals surface area contributed by atoms with Crippen LogP contribution in [0.15, 0.2) is 42.1 Å². The van der Waals surface area contributed by atoms with Crippen LogP contribution in [0.4, 0.5) is 10.1 Å². The molecule has 1 heterocycles. The Morgan fingerprint density at radius 1 is 1.39 bits per heavy atom. The molecular weight excluding hydrogens is 274 g/mol. The van der Waals surface area contributed by atoms with Crippen molar-refractivity contribution in [3.63, 3.8) is 0 Å². The van der Waals surface area contributed by atoms with Gasteiger partial charge in [-0.25, -0.2) is 4.39 Å². The fourth-order valence-electron chi connectivity index (χ4n) is 2.28. The van der Waals surface area contributed by atoms with Crippen LogP contribution < -0.4 is 10.4 Å². The lowest BCUT2D eigenvalue weighted by molar-refractivity contribution is 0.600. The lowest BCUT2D eigenvalue weighted by Gasteiger charge is -2.23. The van der Waals surface area contributed by atoms with Crippen LogP contribution in [0.5, 0.6) is 0 Å². The second-order valence-electron chi connectivity index (χ2n) is 4.34. The third-order valence-corrected chi connectivity index (χ3v) is 3.93. The maximum atomic E-state index is 13.9. The van der Waals surface area contributed by atoms with Gasteiger partial charge in [0.25, 0.3) is 0 Å². The topological polar surface area (TPSA) is 15.3 Å². The van der Waals surface area contributed by atoms with E-state index < -0.39 is 0 Å². The zero-order chi connectivity index (χ0) is 12.7. The maximum absolute atomic E-state index is 13.9. The number of benzene rings is 1. The van der Waals surface area contributed by atoms with Crippen molar-refractivity contribution < 1.29 is 4.39 Å². The molecule has 0 aromatic heterocycles. The number of allylic oxidation sites excluding steroid dienone is 3. The molecule has 1 aliphatic carbocycles. The summed E-state index contributed by atoms with van der Waals surface area (Å²) in [5.74, 6) is -0.209. The van der Waals surface area contributed by atoms with E-state index in [2.05, 4.69) is 11.5 Å². The van der Waals surface area contributed by atoms with E-state index in [0.29, 0.717) is 10.7 Å². The highest BCUT2D eigenvalue weighted by Crippen LogP contribution is 2.37. The van der Waals surface area contributed by atoms with Crippen molar-refractivity contribution in [2.24, 2.45) is 5.92 Å². The molecule has 1 fully saturated rings. The monoisotopic (exact) mass is 284 g/mol. The molecule has 94 valence electrons. The number of anilines is 1. The van der Waals surface area contributed by atoms with Crippen molar-refractivity contribution in [2.45, 2.75) is 11.9 Å². The van der Waals surface area contributed by atoms with Gasteiger partial charge in [0.15, 0.2) is 0 Å². The summed E-state index contributed by atoms with van der Waals surface area (Å²) in [5.41, 5.74) is 4.27. The predicted molar refractivity (Wildman–Crippen MR) is 72.0 cm³/mol. The molecule has 1 saturated heterocycles. The van der Waals surface area contributed by atoms with Crippen molar-refractivity contribution in [3.8, 4) is 0 Å². The largest absolute Gasteiger partial charge is 0.301 e. The highest BCUT2D eigenvalue weighted by molar-refractivity contribution is 6.30. The number of rotatable bonds is 1. The number of fused-ring (bicyclic) bond motifs is 1. The van der Waals surface area contributed by atoms with Gasteiger partial charge in [-0.3, -0.25) is 5.01 Å². The Balaban J connectivity index is 1.94. The van der Waals surface area contributed by atoms with Gasteiger partial charge < -0.3 is 5.43 Å². The van der Waals surface area contributed by atoms with Crippen LogP contribution in [0.1, 0.15) is 6.42 Å². The van der Waals surface area contributed by atoms with Crippen molar-refractivity contribution in [2.75, 3.05) is 5.01 Å². The summed E-state index contributed by atoms with van der Waals surface area (Å²) in [6, 6.07) is 4.57. The van der Waals surface area contributed by atoms with Crippen LogP contribution in [0.3, 0.4) is 0 Å². The van der Waals surface area contributed by atoms with E-state index in [1.54, 1.807) is 17.1 Å². The van der Waals surface area contributed by atoms with Crippen LogP contribution in [0.2, 0.25) is 5.02 Å². The normalized spacial score (nSPS) is 25.7. The number of nitrogens with one attached hydrogen (secondary N) is 1. The molecule has 0 radical (unpaired) electrons. The van der Waals surface area contributed by atoms with Gasteiger partial charge >= 0.3 is 0 Å². The molecule has 2 atom stereocenters. The highest BCUT2D eigenvalue weighted by atomic mass is 35.5. The van der Waals surface area contributed by atoms with Crippen LogP contribution in [0.25, 0.3) is 0 Å². The number of halogens is 3. The molecule has 2 unspecified atom stereocenters. The summed E-state index contributed by atoms with van der Waals surface area (Å²) < 4.78 is 13.9. The van der Waals surface area contributed by atoms with E-state index in [1.165, 1.54) is 6.07 Å². The third kappa shape index (κ3) is 1.88. The minimum absolute atomic E-state index is 0.173. The number of alkyl halides is 1. The first-order valence-corrected chi connectivity index (χ1v) is 6.50. The second kappa shape index (κ2) is 4.48. The smallest absolute Gasteiger partial charge is 0.149 e. The Kier molecular flexibility index (Phi) is 2.96. The fourth-order valence-corrected chi connectivity index (χ4v) is 2.83. The van der Waals surface area contributed by atoms with Gasteiger partial charge in [-0.1, -0.05) is 35.4 Å². The molecule has 2 nitrogen and oxygen atoms in total. The van der Waals surface area contributed by atoms with Crippen LogP contribution in [0, 0.1) is 11.7 Å². The lowest BCUT2D eigenvalue weighted by Crippen LogP contribution is -2.35. The van der Waals surface area contributed by atoms with E-state index in [1.807, 2.05) is 12.2 Å². The van der Waals surface area contributed by atoms with Gasteiger partial charge in [-0.15, -0.1) is 0 Å². The van der Waals surface area contributed by atoms with Crippen molar-refractivity contribution >= 4 is 28.9 Å². The number of hydrazine groups is 1. The molecular formula is C13H11Cl2FN2. The van der Waals surface area contributed by atoms with Gasteiger partial charge in [-0.2, -0.15) is 0 Å². The number of hydrogen-bond donors (Lipinski definition) is 1. The van der Waals surface area contributed by atoms with E-state index in [9.17, 15) is 4.39 Å². The predicted octanol–water partition coefficient (Wildman–Crippen LogP) is 3.83. The minimum Gasteiger partial charge on any atom is -0.301 e. The van der Waals surface area contributed by atoms with Crippen molar-refractivity contribution in [1.82, 2.24) is 5.43 Å². The molecule has 0 bridgehead atoms. The first-order chi connectivity index (χ1) is 8.66. The van der Waals surface area contributed by atoms with Crippen molar-refractivity contribution in [3.05, 3.63) is 53.0 Å². The summed E-state index contributed by atoms with van der Waals surface area (Å²) in [6.07, 6.45) is 6.87. The first-order valence-electron chi connectivity index (χ1n) is 5.68. The molecule has 18 heavy (non-hydrogen) atoms. The van der Waals surface area contributed by atoms with Gasteiger partial charge in [0.05, 0.1) is 5.69 Å². The van der Waals surface area contributed by atoms with Gasteiger partial charge in [-0.05, 0) is 30.7 Å². The average Bonchev–Trinajstić information content (AvgIpc) is 2.68. The number of nitrogens with zero attached hydrogens (tertiary/aromatic N) is 1. The Hall–Kier alpha value is -1.19. The van der Waals surface area contributed by atoms with Crippen molar-refractivity contribution in [1.29, 1.82) is 0 Å². The van der Waals surface area contributed by atoms with E-state index in [0.717, 1.165) is 12.1 Å². The van der Waals surface area contributed by atoms with Gasteiger partial charge in [0, 0.05) is 16.6 Å². The zero-order valence-corrected chi connectivity index (χ0v) is 10.9. The summed E-state index contributed by atoms with van der Waals surface area (Å²) >= 11 is 12.1. The molecule has 0 amide bonds. The average molecular weight is 285 g/mol. The molecule has 1 aromatic rings. The molecule has 1 N–H and O–H groups in total. The Labute approximate surface area is 115 Å². The zero-order valence-electron chi connectivity index (χ0n) is 9.41. The third-order valence-electron chi connectivity index (χ3n) is 3.20. The Morgan fingerprint density at radius 2 is 2.22 bits per heavy atom. The number of hydrogen-bond acceptors (Lipinski definition) is 2.